The van der Waals surface area contributed by atoms with Crippen LogP contribution >= 0.6 is 0 Å². The Labute approximate surface area is 113 Å². The Bertz CT molecular complexity index is 663. The summed E-state index contributed by atoms with van der Waals surface area (Å²) in [7, 11) is -2.92. The van der Waals surface area contributed by atoms with Gasteiger partial charge in [0.1, 0.15) is 9.84 Å². The van der Waals surface area contributed by atoms with E-state index in [1.54, 1.807) is 6.20 Å². The second-order valence-electron chi connectivity index (χ2n) is 4.80. The van der Waals surface area contributed by atoms with Gasteiger partial charge >= 0.3 is 0 Å². The van der Waals surface area contributed by atoms with Crippen molar-refractivity contribution in [3.8, 4) is 0 Å². The summed E-state index contributed by atoms with van der Waals surface area (Å²) in [5.74, 6) is 0.172. The Morgan fingerprint density at radius 2 is 2.00 bits per heavy atom. The van der Waals surface area contributed by atoms with E-state index in [1.807, 2.05) is 30.3 Å². The molecule has 2 N–H and O–H groups in total. The smallest absolute Gasteiger partial charge is 0.147 e. The number of hydrogen-bond donors (Lipinski definition) is 1. The van der Waals surface area contributed by atoms with Gasteiger partial charge in [-0.2, -0.15) is 0 Å². The molecule has 5 heteroatoms. The lowest BCUT2D eigenvalue weighted by atomic mass is 10.0. The monoisotopic (exact) mass is 278 g/mol. The lowest BCUT2D eigenvalue weighted by Gasteiger charge is -2.13. The van der Waals surface area contributed by atoms with E-state index >= 15 is 0 Å². The van der Waals surface area contributed by atoms with Crippen LogP contribution < -0.4 is 5.73 Å². The van der Waals surface area contributed by atoms with Crippen LogP contribution in [0.5, 0.6) is 0 Å². The fraction of sp³-hybridized carbons (Fsp3) is 0.357. The van der Waals surface area contributed by atoms with Gasteiger partial charge in [-0.15, -0.1) is 0 Å². The molecular weight excluding hydrogens is 260 g/mol. The minimum absolute atomic E-state index is 0.172. The van der Waals surface area contributed by atoms with Gasteiger partial charge < -0.3 is 5.73 Å². The highest BCUT2D eigenvalue weighted by Gasteiger charge is 2.12. The van der Waals surface area contributed by atoms with Crippen molar-refractivity contribution in [1.82, 2.24) is 4.98 Å². The molecule has 2 rings (SSSR count). The summed E-state index contributed by atoms with van der Waals surface area (Å²) in [6.45, 7) is 0. The van der Waals surface area contributed by atoms with Gasteiger partial charge in [0, 0.05) is 29.6 Å². The first-order valence-electron chi connectivity index (χ1n) is 6.24. The Morgan fingerprint density at radius 1 is 1.26 bits per heavy atom. The van der Waals surface area contributed by atoms with Gasteiger partial charge in [-0.05, 0) is 24.3 Å². The van der Waals surface area contributed by atoms with E-state index in [4.69, 9.17) is 5.73 Å². The Morgan fingerprint density at radius 3 is 2.74 bits per heavy atom. The molecule has 0 saturated heterocycles. The van der Waals surface area contributed by atoms with Gasteiger partial charge in [-0.3, -0.25) is 4.98 Å². The third-order valence-electron chi connectivity index (χ3n) is 3.09. The zero-order valence-corrected chi connectivity index (χ0v) is 11.7. The number of sulfone groups is 1. The average Bonchev–Trinajstić information content (AvgIpc) is 2.36. The van der Waals surface area contributed by atoms with Crippen molar-refractivity contribution in [1.29, 1.82) is 0 Å². The van der Waals surface area contributed by atoms with Crippen molar-refractivity contribution >= 4 is 20.6 Å². The topological polar surface area (TPSA) is 73.0 Å². The lowest BCUT2D eigenvalue weighted by Crippen LogP contribution is -2.14. The van der Waals surface area contributed by atoms with Crippen LogP contribution in [0.3, 0.4) is 0 Å². The molecule has 2 aromatic rings. The first-order chi connectivity index (χ1) is 8.97. The predicted octanol–water partition coefficient (Wildman–Crippen LogP) is 2.06. The number of aromatic nitrogens is 1. The quantitative estimate of drug-likeness (QED) is 0.908. The van der Waals surface area contributed by atoms with Gasteiger partial charge in [0.15, 0.2) is 0 Å². The van der Waals surface area contributed by atoms with Crippen LogP contribution in [0.25, 0.3) is 10.8 Å². The molecule has 1 atom stereocenters. The highest BCUT2D eigenvalue weighted by molar-refractivity contribution is 7.90. The van der Waals surface area contributed by atoms with Crippen LogP contribution in [0.15, 0.2) is 36.5 Å². The van der Waals surface area contributed by atoms with E-state index in [-0.39, 0.29) is 11.8 Å². The molecule has 1 aromatic heterocycles. The fourth-order valence-electron chi connectivity index (χ4n) is 2.14. The molecule has 0 aliphatic carbocycles. The molecule has 0 aliphatic rings. The van der Waals surface area contributed by atoms with E-state index < -0.39 is 9.84 Å². The SMILES string of the molecule is CS(=O)(=O)CCCC(N)c1nccc2ccccc12. The zero-order chi connectivity index (χ0) is 13.9. The van der Waals surface area contributed by atoms with E-state index in [0.717, 1.165) is 16.5 Å². The number of pyridine rings is 1. The number of rotatable bonds is 5. The molecule has 0 spiro atoms. The van der Waals surface area contributed by atoms with Crippen LogP contribution in [0.2, 0.25) is 0 Å². The molecule has 0 bridgehead atoms. The molecule has 4 nitrogen and oxygen atoms in total. The van der Waals surface area contributed by atoms with Gasteiger partial charge in [0.2, 0.25) is 0 Å². The largest absolute Gasteiger partial charge is 0.323 e. The molecule has 0 aliphatic heterocycles. The van der Waals surface area contributed by atoms with Crippen LogP contribution in [0, 0.1) is 0 Å². The lowest BCUT2D eigenvalue weighted by molar-refractivity contribution is 0.585. The van der Waals surface area contributed by atoms with Crippen molar-refractivity contribution in [3.63, 3.8) is 0 Å². The van der Waals surface area contributed by atoms with Crippen LogP contribution in [0.4, 0.5) is 0 Å². The molecule has 0 saturated carbocycles. The van der Waals surface area contributed by atoms with E-state index in [0.29, 0.717) is 12.8 Å². The van der Waals surface area contributed by atoms with Crippen molar-refractivity contribution in [2.45, 2.75) is 18.9 Å². The zero-order valence-electron chi connectivity index (χ0n) is 10.9. The summed E-state index contributed by atoms with van der Waals surface area (Å²) < 4.78 is 22.2. The summed E-state index contributed by atoms with van der Waals surface area (Å²) >= 11 is 0. The average molecular weight is 278 g/mol. The molecule has 102 valence electrons. The molecule has 0 fully saturated rings. The van der Waals surface area contributed by atoms with Gasteiger partial charge in [0.05, 0.1) is 5.69 Å². The molecule has 1 unspecified atom stereocenters. The minimum Gasteiger partial charge on any atom is -0.323 e. The maximum atomic E-state index is 11.1. The first kappa shape index (κ1) is 14.0. The highest BCUT2D eigenvalue weighted by atomic mass is 32.2. The van der Waals surface area contributed by atoms with Crippen molar-refractivity contribution in [3.05, 3.63) is 42.2 Å². The second-order valence-corrected chi connectivity index (χ2v) is 7.06. The number of nitrogens with two attached hydrogens (primary N) is 1. The Kier molecular flexibility index (Phi) is 4.17. The van der Waals surface area contributed by atoms with Crippen LogP contribution in [-0.2, 0) is 9.84 Å². The van der Waals surface area contributed by atoms with Crippen molar-refractivity contribution in [2.75, 3.05) is 12.0 Å². The summed E-state index contributed by atoms with van der Waals surface area (Å²) in [5, 5.41) is 2.14. The van der Waals surface area contributed by atoms with Gasteiger partial charge in [0.25, 0.3) is 0 Å². The molecule has 19 heavy (non-hydrogen) atoms. The van der Waals surface area contributed by atoms with E-state index in [1.165, 1.54) is 6.26 Å². The molecule has 0 radical (unpaired) electrons. The Balaban J connectivity index is 2.15. The highest BCUT2D eigenvalue weighted by Crippen LogP contribution is 2.23. The fourth-order valence-corrected chi connectivity index (χ4v) is 2.83. The second kappa shape index (κ2) is 5.67. The number of hydrogen-bond acceptors (Lipinski definition) is 4. The molecule has 0 amide bonds. The number of nitrogens with zero attached hydrogens (tertiary/aromatic N) is 1. The van der Waals surface area contributed by atoms with E-state index in [9.17, 15) is 8.42 Å². The van der Waals surface area contributed by atoms with Gasteiger partial charge in [-0.25, -0.2) is 8.42 Å². The van der Waals surface area contributed by atoms with Crippen LogP contribution in [0.1, 0.15) is 24.6 Å². The summed E-state index contributed by atoms with van der Waals surface area (Å²) in [6.07, 6.45) is 4.17. The molecule has 1 aromatic carbocycles. The van der Waals surface area contributed by atoms with Crippen molar-refractivity contribution < 1.29 is 8.42 Å². The van der Waals surface area contributed by atoms with E-state index in [2.05, 4.69) is 4.98 Å². The maximum Gasteiger partial charge on any atom is 0.147 e. The Hall–Kier alpha value is -1.46. The predicted molar refractivity (Wildman–Crippen MR) is 77.6 cm³/mol. The third kappa shape index (κ3) is 3.75. The van der Waals surface area contributed by atoms with Crippen LogP contribution in [-0.4, -0.2) is 25.4 Å². The summed E-state index contributed by atoms with van der Waals surface area (Å²) in [6, 6.07) is 9.66. The normalized spacial score (nSPS) is 13.6. The van der Waals surface area contributed by atoms with Gasteiger partial charge in [-0.1, -0.05) is 24.3 Å². The summed E-state index contributed by atoms with van der Waals surface area (Å²) in [4.78, 5) is 4.35. The maximum absolute atomic E-state index is 11.1. The first-order valence-corrected chi connectivity index (χ1v) is 8.30. The summed E-state index contributed by atoms with van der Waals surface area (Å²) in [5.41, 5.74) is 6.97. The number of benzene rings is 1. The third-order valence-corrected chi connectivity index (χ3v) is 4.12. The molecular formula is C14H18N2O2S. The minimum atomic E-state index is -2.92. The van der Waals surface area contributed by atoms with Crippen molar-refractivity contribution in [2.24, 2.45) is 5.73 Å². The standard InChI is InChI=1S/C14H18N2O2S/c1-19(17,18)10-4-7-13(15)14-12-6-3-2-5-11(12)8-9-16-14/h2-3,5-6,8-9,13H,4,7,10,15H2,1H3. The number of fused-ring (bicyclic) bond motifs is 1. The molecule has 1 heterocycles.